The largest absolute Gasteiger partial charge is 0.388 e. The predicted octanol–water partition coefficient (Wildman–Crippen LogP) is -0.251. The molecule has 0 amide bonds. The number of aromatic nitrogens is 4. The average Bonchev–Trinajstić information content (AvgIpc) is 2.95. The van der Waals surface area contributed by atoms with Crippen molar-refractivity contribution in [3.63, 3.8) is 0 Å². The molecule has 12 heteroatoms. The summed E-state index contributed by atoms with van der Waals surface area (Å²) < 4.78 is 2.73. The first-order chi connectivity index (χ1) is 19.0. The molecule has 2 aromatic carbocycles. The molecule has 0 aliphatic carbocycles. The zero-order valence-electron chi connectivity index (χ0n) is 21.6. The molecule has 0 unspecified atom stereocenters. The summed E-state index contributed by atoms with van der Waals surface area (Å²) in [5, 5.41) is 21.4. The summed E-state index contributed by atoms with van der Waals surface area (Å²) in [5.74, 6) is -1.70. The summed E-state index contributed by atoms with van der Waals surface area (Å²) in [6.07, 6.45) is -0.978. The third kappa shape index (κ3) is 5.44. The third-order valence-corrected chi connectivity index (χ3v) is 6.31. The number of nitrogens with zero attached hydrogens (tertiary/aromatic N) is 4. The summed E-state index contributed by atoms with van der Waals surface area (Å²) in [4.78, 5) is 77.1. The highest BCUT2D eigenvalue weighted by molar-refractivity contribution is 5.96. The van der Waals surface area contributed by atoms with Gasteiger partial charge in [0, 0.05) is 34.6 Å². The number of aryl methyl sites for hydroxylation is 2. The molecule has 2 atom stereocenters. The molecule has 0 aliphatic heterocycles. The molecular weight excluding hydrogens is 520 g/mol. The van der Waals surface area contributed by atoms with Crippen LogP contribution in [0.2, 0.25) is 0 Å². The highest BCUT2D eigenvalue weighted by Gasteiger charge is 2.24. The molecule has 2 heterocycles. The summed E-state index contributed by atoms with van der Waals surface area (Å²) in [7, 11) is 0. The van der Waals surface area contributed by atoms with Crippen LogP contribution >= 0.6 is 0 Å². The second kappa shape index (κ2) is 11.4. The number of carbonyl (C=O) groups excluding carboxylic acids is 2. The van der Waals surface area contributed by atoms with Crippen LogP contribution in [-0.4, -0.2) is 52.5 Å². The molecule has 4 rings (SSSR count). The number of rotatable bonds is 7. The molecular formula is C28H26N4O8. The molecule has 0 aliphatic rings. The van der Waals surface area contributed by atoms with Crippen molar-refractivity contribution >= 4 is 11.8 Å². The Hall–Kier alpha value is -4.94. The molecule has 0 bridgehead atoms. The summed E-state index contributed by atoms with van der Waals surface area (Å²) >= 11 is 0. The van der Waals surface area contributed by atoms with Gasteiger partial charge in [0.05, 0.1) is 25.3 Å². The zero-order valence-corrected chi connectivity index (χ0v) is 21.6. The first kappa shape index (κ1) is 28.1. The molecule has 0 spiro atoms. The van der Waals surface area contributed by atoms with Crippen LogP contribution in [0.3, 0.4) is 0 Å². The van der Waals surface area contributed by atoms with E-state index in [1.54, 1.807) is 36.4 Å². The van der Waals surface area contributed by atoms with Crippen molar-refractivity contribution in [1.82, 2.24) is 18.3 Å². The van der Waals surface area contributed by atoms with Gasteiger partial charge in [0.2, 0.25) is 0 Å². The molecule has 4 aromatic rings. The molecule has 0 saturated heterocycles. The van der Waals surface area contributed by atoms with Gasteiger partial charge in [-0.1, -0.05) is 36.4 Å². The van der Waals surface area contributed by atoms with E-state index in [-0.39, 0.29) is 22.3 Å². The van der Waals surface area contributed by atoms with Crippen molar-refractivity contribution in [3.05, 3.63) is 137 Å². The number of hydrogen-bond acceptors (Lipinski definition) is 8. The van der Waals surface area contributed by atoms with Crippen molar-refractivity contribution in [2.75, 3.05) is 0 Å². The fraction of sp³-hybridized carbons (Fsp3) is 0.214. The predicted molar refractivity (Wildman–Crippen MR) is 144 cm³/mol. The number of carbonyl (C=O) groups is 2. The Bertz CT molecular complexity index is 1680. The first-order valence-corrected chi connectivity index (χ1v) is 12.2. The van der Waals surface area contributed by atoms with E-state index in [9.17, 15) is 39.0 Å². The van der Waals surface area contributed by atoms with Crippen LogP contribution in [-0.2, 0) is 13.1 Å². The van der Waals surface area contributed by atoms with Crippen molar-refractivity contribution in [1.29, 1.82) is 0 Å². The molecule has 2 aromatic heterocycles. The van der Waals surface area contributed by atoms with Crippen molar-refractivity contribution in [2.45, 2.75) is 39.1 Å². The van der Waals surface area contributed by atoms with Gasteiger partial charge in [-0.05, 0) is 38.1 Å². The zero-order chi connectivity index (χ0) is 29.1. The van der Waals surface area contributed by atoms with Crippen LogP contribution in [0.1, 0.15) is 31.8 Å². The quantitative estimate of drug-likeness (QED) is 0.321. The van der Waals surface area contributed by atoms with Gasteiger partial charge < -0.3 is 10.2 Å². The second-order valence-electron chi connectivity index (χ2n) is 9.25. The fourth-order valence-corrected chi connectivity index (χ4v) is 4.16. The van der Waals surface area contributed by atoms with E-state index in [0.29, 0.717) is 9.13 Å². The van der Waals surface area contributed by atoms with E-state index < -0.39 is 59.6 Å². The Morgan fingerprint density at radius 3 is 1.27 bits per heavy atom. The Labute approximate surface area is 226 Å². The van der Waals surface area contributed by atoms with Gasteiger partial charge >= 0.3 is 11.4 Å². The molecule has 2 N–H and O–H groups in total. The van der Waals surface area contributed by atoms with Gasteiger partial charge in [-0.25, -0.2) is 9.59 Å². The lowest BCUT2D eigenvalue weighted by molar-refractivity contribution is -0.00184. The Morgan fingerprint density at radius 1 is 0.625 bits per heavy atom. The lowest BCUT2D eigenvalue weighted by Crippen LogP contribution is -2.48. The van der Waals surface area contributed by atoms with Crippen LogP contribution in [0.15, 0.2) is 92.2 Å². The topological polar surface area (TPSA) is 163 Å². The van der Waals surface area contributed by atoms with E-state index in [2.05, 4.69) is 0 Å². The molecule has 40 heavy (non-hydrogen) atoms. The SMILES string of the molecule is Cc1cn(C[C@H](O)[C@@H](O)Cn2cc(C)c(=O)n(C(=O)c3ccccc3)c2=O)c(=O)n(C(=O)c2ccccc2)c1=O. The summed E-state index contributed by atoms with van der Waals surface area (Å²) in [5.41, 5.74) is -3.39. The smallest absolute Gasteiger partial charge is 0.338 e. The van der Waals surface area contributed by atoms with Crippen LogP contribution < -0.4 is 22.5 Å². The number of aliphatic hydroxyl groups excluding tert-OH is 2. The maximum absolute atomic E-state index is 13.0. The van der Waals surface area contributed by atoms with E-state index in [1.807, 2.05) is 0 Å². The summed E-state index contributed by atoms with van der Waals surface area (Å²) in [6, 6.07) is 15.4. The maximum atomic E-state index is 13.0. The number of aliphatic hydroxyl groups is 2. The first-order valence-electron chi connectivity index (χ1n) is 12.2. The van der Waals surface area contributed by atoms with Gasteiger partial charge in [-0.3, -0.25) is 28.3 Å². The normalized spacial score (nSPS) is 12.6. The van der Waals surface area contributed by atoms with Crippen LogP contribution in [0, 0.1) is 13.8 Å². The van der Waals surface area contributed by atoms with Gasteiger partial charge in [-0.15, -0.1) is 0 Å². The Kier molecular flexibility index (Phi) is 8.03. The lowest BCUT2D eigenvalue weighted by atomic mass is 10.2. The van der Waals surface area contributed by atoms with E-state index >= 15 is 0 Å². The highest BCUT2D eigenvalue weighted by atomic mass is 16.3. The van der Waals surface area contributed by atoms with Crippen LogP contribution in [0.5, 0.6) is 0 Å². The van der Waals surface area contributed by atoms with Crippen molar-refractivity contribution in [2.24, 2.45) is 0 Å². The van der Waals surface area contributed by atoms with Gasteiger partial charge in [0.15, 0.2) is 0 Å². The average molecular weight is 547 g/mol. The van der Waals surface area contributed by atoms with E-state index in [1.165, 1.54) is 38.1 Å². The van der Waals surface area contributed by atoms with Gasteiger partial charge in [-0.2, -0.15) is 9.13 Å². The monoisotopic (exact) mass is 546 g/mol. The van der Waals surface area contributed by atoms with Gasteiger partial charge in [0.1, 0.15) is 0 Å². The summed E-state index contributed by atoms with van der Waals surface area (Å²) in [6.45, 7) is 1.73. The Balaban J connectivity index is 1.63. The van der Waals surface area contributed by atoms with Crippen molar-refractivity contribution in [3.8, 4) is 0 Å². The molecule has 206 valence electrons. The van der Waals surface area contributed by atoms with E-state index in [0.717, 1.165) is 21.5 Å². The second-order valence-corrected chi connectivity index (χ2v) is 9.25. The minimum atomic E-state index is -1.65. The van der Waals surface area contributed by atoms with Crippen LogP contribution in [0.4, 0.5) is 0 Å². The third-order valence-electron chi connectivity index (χ3n) is 6.31. The molecule has 0 radical (unpaired) electrons. The molecule has 0 fully saturated rings. The van der Waals surface area contributed by atoms with E-state index in [4.69, 9.17) is 0 Å². The molecule has 0 saturated carbocycles. The minimum absolute atomic E-state index is 0.0453. The number of benzene rings is 2. The standard InChI is InChI=1S/C28H26N4O8/c1-17-13-29(27(39)31(23(17)35)25(37)19-9-5-3-6-10-19)15-21(33)22(34)16-30-14-18(2)24(36)32(28(30)40)26(38)20-11-7-4-8-12-20/h3-14,21-22,33-34H,15-16H2,1-2H3/t21-,22-/m0/s1. The van der Waals surface area contributed by atoms with Gasteiger partial charge in [0.25, 0.3) is 22.9 Å². The maximum Gasteiger partial charge on any atom is 0.338 e. The number of hydrogen-bond donors (Lipinski definition) is 2. The Morgan fingerprint density at radius 2 is 0.950 bits per heavy atom. The fourth-order valence-electron chi connectivity index (χ4n) is 4.16. The molecule has 12 nitrogen and oxygen atoms in total. The van der Waals surface area contributed by atoms with Crippen LogP contribution in [0.25, 0.3) is 0 Å². The lowest BCUT2D eigenvalue weighted by Gasteiger charge is -2.21. The van der Waals surface area contributed by atoms with Crippen molar-refractivity contribution < 1.29 is 19.8 Å². The highest BCUT2D eigenvalue weighted by Crippen LogP contribution is 2.04. The minimum Gasteiger partial charge on any atom is -0.388 e.